The fourth-order valence-electron chi connectivity index (χ4n) is 21.8. The van der Waals surface area contributed by atoms with Gasteiger partial charge >= 0.3 is 0 Å². The van der Waals surface area contributed by atoms with Crippen molar-refractivity contribution in [2.45, 2.75) is 75.0 Å². The van der Waals surface area contributed by atoms with Gasteiger partial charge in [0.1, 0.15) is 0 Å². The van der Waals surface area contributed by atoms with Gasteiger partial charge in [-0.1, -0.05) is 392 Å². The molecule has 0 N–H and O–H groups in total. The summed E-state index contributed by atoms with van der Waals surface area (Å²) in [6.07, 6.45) is 4.22. The van der Waals surface area contributed by atoms with E-state index in [9.17, 15) is 0 Å². The van der Waals surface area contributed by atoms with E-state index in [1.54, 1.807) is 0 Å². The lowest BCUT2D eigenvalue weighted by molar-refractivity contribution is 0.779. The van der Waals surface area contributed by atoms with Crippen LogP contribution < -0.4 is 0 Å². The van der Waals surface area contributed by atoms with Crippen LogP contribution in [-0.2, 0) is 47.3 Å². The van der Waals surface area contributed by atoms with Crippen molar-refractivity contribution in [3.05, 3.63) is 475 Å². The third kappa shape index (κ3) is 8.36. The Morgan fingerprint density at radius 2 is 0.398 bits per heavy atom. The van der Waals surface area contributed by atoms with Crippen LogP contribution in [0.3, 0.4) is 0 Å². The molecule has 0 radical (unpaired) electrons. The zero-order valence-electron chi connectivity index (χ0n) is 61.5. The van der Waals surface area contributed by atoms with Gasteiger partial charge in [0.05, 0.1) is 21.7 Å². The first-order chi connectivity index (χ1) is 53.4. The minimum atomic E-state index is -0.190. The van der Waals surface area contributed by atoms with Gasteiger partial charge in [-0.25, -0.2) is 0 Å². The predicted molar refractivity (Wildman–Crippen MR) is 448 cm³/mol. The monoisotopic (exact) mass is 1380 g/mol. The summed E-state index contributed by atoms with van der Waals surface area (Å²) in [4.78, 5) is 0. The third-order valence-corrected chi connectivity index (χ3v) is 25.9. The molecule has 0 unspecified atom stereocenters. The molecule has 512 valence electrons. The van der Waals surface area contributed by atoms with Crippen LogP contribution in [0.15, 0.2) is 364 Å². The van der Waals surface area contributed by atoms with Crippen LogP contribution in [0.2, 0.25) is 0 Å². The number of benzene rings is 16. The van der Waals surface area contributed by atoms with E-state index in [1.165, 1.54) is 200 Å². The fraction of sp³-hybridized carbons (Fsp3) is 0.111. The topological polar surface area (TPSA) is 0 Å². The average Bonchev–Trinajstić information content (AvgIpc) is 1.53. The molecule has 0 bridgehead atoms. The summed E-state index contributed by atoms with van der Waals surface area (Å²) in [6, 6.07) is 136. The Hall–Kier alpha value is -12.5. The van der Waals surface area contributed by atoms with E-state index in [-0.39, 0.29) is 21.7 Å². The Morgan fingerprint density at radius 1 is 0.157 bits per heavy atom. The first-order valence-electron chi connectivity index (χ1n) is 39.1. The lowest BCUT2D eigenvalue weighted by atomic mass is 9.69. The zero-order valence-corrected chi connectivity index (χ0v) is 61.5. The molecule has 0 aliphatic heterocycles. The van der Waals surface area contributed by atoms with E-state index in [2.05, 4.69) is 392 Å². The normalized spacial score (nSPS) is 14.6. The van der Waals surface area contributed by atoms with Crippen LogP contribution in [0.25, 0.3) is 89.0 Å². The average molecular weight is 1380 g/mol. The molecule has 108 heavy (non-hydrogen) atoms. The molecule has 0 nitrogen and oxygen atoms in total. The maximum atomic E-state index is 2.45. The number of hydrogen-bond donors (Lipinski definition) is 0. The van der Waals surface area contributed by atoms with Gasteiger partial charge in [0.15, 0.2) is 0 Å². The van der Waals surface area contributed by atoms with Crippen molar-refractivity contribution in [2.24, 2.45) is 0 Å². The highest BCUT2D eigenvalue weighted by Gasteiger charge is 2.56. The SMILES string of the molecule is CCc1ccc2c(c1)-c1ccccc1C21c2ccccc2-c2ccccc21.CCc1ccc2c(c1)C1(c3ccccc3-c3ccccc31)c1ccccc1-2.CCc1cccc2c1-c1ccccc1C21c2ccccc2-c2ccccc21.CCc1cccc2c1C1(c3ccccc3-c3ccccc31)c1ccccc1-2. The molecule has 0 saturated carbocycles. The van der Waals surface area contributed by atoms with E-state index in [0.29, 0.717) is 0 Å². The van der Waals surface area contributed by atoms with Crippen molar-refractivity contribution < 1.29 is 0 Å². The molecule has 8 aliphatic carbocycles. The molecule has 0 amide bonds. The van der Waals surface area contributed by atoms with Gasteiger partial charge in [-0.2, -0.15) is 0 Å². The summed E-state index contributed by atoms with van der Waals surface area (Å²) in [7, 11) is 0. The lowest BCUT2D eigenvalue weighted by Crippen LogP contribution is -2.27. The molecule has 0 heterocycles. The van der Waals surface area contributed by atoms with Crippen molar-refractivity contribution in [2.75, 3.05) is 0 Å². The lowest BCUT2D eigenvalue weighted by Gasteiger charge is -2.32. The van der Waals surface area contributed by atoms with E-state index < -0.39 is 0 Å². The maximum absolute atomic E-state index is 2.45. The second kappa shape index (κ2) is 24.5. The van der Waals surface area contributed by atoms with Crippen molar-refractivity contribution >= 4 is 0 Å². The molecule has 0 aromatic heterocycles. The summed E-state index contributed by atoms with van der Waals surface area (Å²) < 4.78 is 0. The van der Waals surface area contributed by atoms with Gasteiger partial charge in [0, 0.05) is 0 Å². The highest BCUT2D eigenvalue weighted by Crippen LogP contribution is 2.68. The number of aryl methyl sites for hydroxylation is 4. The Labute approximate surface area is 635 Å². The van der Waals surface area contributed by atoms with E-state index in [4.69, 9.17) is 0 Å². The summed E-state index contributed by atoms with van der Waals surface area (Å²) in [5.74, 6) is 0. The number of fused-ring (bicyclic) bond motifs is 40. The number of rotatable bonds is 4. The Kier molecular flexibility index (Phi) is 14.5. The summed E-state index contributed by atoms with van der Waals surface area (Å²) in [5, 5.41) is 0. The molecule has 16 aromatic carbocycles. The van der Waals surface area contributed by atoms with Gasteiger partial charge in [0.2, 0.25) is 0 Å². The minimum absolute atomic E-state index is 0.189. The Balaban J connectivity index is 0.0000000919. The maximum Gasteiger partial charge on any atom is 0.0728 e. The summed E-state index contributed by atoms with van der Waals surface area (Å²) in [5.41, 5.74) is 50.0. The quantitative estimate of drug-likeness (QED) is 0.165. The minimum Gasteiger partial charge on any atom is -0.0619 e. The first-order valence-corrected chi connectivity index (χ1v) is 39.1. The molecule has 0 saturated heterocycles. The Bertz CT molecular complexity index is 6070. The van der Waals surface area contributed by atoms with Crippen LogP contribution >= 0.6 is 0 Å². The van der Waals surface area contributed by atoms with Crippen molar-refractivity contribution in [1.29, 1.82) is 0 Å². The molecule has 4 spiro atoms. The van der Waals surface area contributed by atoms with Gasteiger partial charge in [0.25, 0.3) is 0 Å². The highest BCUT2D eigenvalue weighted by molar-refractivity contribution is 6.00. The second-order valence-electron chi connectivity index (χ2n) is 30.4. The molecular weight excluding hydrogens is 1300 g/mol. The van der Waals surface area contributed by atoms with Crippen LogP contribution in [0.4, 0.5) is 0 Å². The molecule has 24 rings (SSSR count). The summed E-state index contributed by atoms with van der Waals surface area (Å²) >= 11 is 0. The third-order valence-electron chi connectivity index (χ3n) is 25.9. The molecule has 0 fully saturated rings. The predicted octanol–water partition coefficient (Wildman–Crippen LogP) is 26.4. The second-order valence-corrected chi connectivity index (χ2v) is 30.4. The van der Waals surface area contributed by atoms with Crippen LogP contribution in [0.1, 0.15) is 139 Å². The standard InChI is InChI=1S/4C27H20/c1-2-18-10-9-14-22-21-13-5-8-17-25(21)27(26(18)22)23-15-6-3-11-19(23)20-12-4-7-16-24(20)27;1-2-18-10-9-17-25-26(18)21-13-5-8-16-24(21)27(25)22-14-6-3-11-19(22)20-12-4-7-15-23(20)27;1-2-18-15-16-26-22(17-18)21-11-5-8-14-25(21)27(26)23-12-6-3-9-19(23)20-10-4-7-13-24(20)27;1-2-18-15-16-22-21-11-5-8-14-25(21)27(26(22)17-18)23-12-6-3-9-19(23)20-10-4-7-13-24(20)27/h4*3-17H,2H2,1H3. The van der Waals surface area contributed by atoms with E-state index in [1.807, 2.05) is 0 Å². The van der Waals surface area contributed by atoms with Crippen molar-refractivity contribution in [3.63, 3.8) is 0 Å². The molecule has 8 aliphatic rings. The van der Waals surface area contributed by atoms with E-state index in [0.717, 1.165) is 25.7 Å². The highest BCUT2D eigenvalue weighted by atomic mass is 14.6. The zero-order chi connectivity index (χ0) is 72.0. The van der Waals surface area contributed by atoms with Crippen molar-refractivity contribution in [3.8, 4) is 89.0 Å². The first kappa shape index (κ1) is 63.9. The van der Waals surface area contributed by atoms with Gasteiger partial charge < -0.3 is 0 Å². The van der Waals surface area contributed by atoms with Crippen LogP contribution in [0.5, 0.6) is 0 Å². The van der Waals surface area contributed by atoms with Crippen molar-refractivity contribution in [1.82, 2.24) is 0 Å². The molecular formula is C108H80. The van der Waals surface area contributed by atoms with Gasteiger partial charge in [-0.15, -0.1) is 0 Å². The van der Waals surface area contributed by atoms with Crippen LogP contribution in [-0.4, -0.2) is 0 Å². The van der Waals surface area contributed by atoms with Gasteiger partial charge in [-0.05, 0) is 226 Å². The number of hydrogen-bond acceptors (Lipinski definition) is 0. The van der Waals surface area contributed by atoms with Gasteiger partial charge in [-0.3, -0.25) is 0 Å². The molecule has 0 heteroatoms. The molecule has 0 atom stereocenters. The Morgan fingerprint density at radius 3 is 0.769 bits per heavy atom. The smallest absolute Gasteiger partial charge is 0.0619 e. The largest absolute Gasteiger partial charge is 0.0728 e. The summed E-state index contributed by atoms with van der Waals surface area (Å²) in [6.45, 7) is 9.02. The molecule has 16 aromatic rings. The van der Waals surface area contributed by atoms with Crippen LogP contribution in [0, 0.1) is 0 Å². The van der Waals surface area contributed by atoms with E-state index >= 15 is 0 Å². The fourth-order valence-corrected chi connectivity index (χ4v) is 21.8.